The molecular weight excluding hydrogens is 266 g/mol. The summed E-state index contributed by atoms with van der Waals surface area (Å²) in [5.74, 6) is -2.01. The first-order valence-electron chi connectivity index (χ1n) is 5.62. The molecule has 7 heteroatoms. The lowest BCUT2D eigenvalue weighted by molar-refractivity contribution is -0.137. The number of rotatable bonds is 1. The minimum absolute atomic E-state index is 0.0450. The number of nitrogens with one attached hydrogen (secondary N) is 1. The number of hydrogen-bond donors (Lipinski definition) is 2. The molecule has 1 amide bonds. The van der Waals surface area contributed by atoms with Crippen molar-refractivity contribution in [1.82, 2.24) is 5.32 Å². The van der Waals surface area contributed by atoms with Crippen LogP contribution in [0.25, 0.3) is 0 Å². The second-order valence-corrected chi connectivity index (χ2v) is 4.90. The van der Waals surface area contributed by atoms with E-state index >= 15 is 0 Å². The van der Waals surface area contributed by atoms with Crippen LogP contribution in [0.3, 0.4) is 0 Å². The Hall–Kier alpha value is -1.63. The van der Waals surface area contributed by atoms with Gasteiger partial charge in [-0.1, -0.05) is 6.07 Å². The van der Waals surface area contributed by atoms with Crippen molar-refractivity contribution < 1.29 is 27.5 Å². The molecule has 1 saturated carbocycles. The molecule has 102 valence electrons. The molecule has 2 aliphatic rings. The van der Waals surface area contributed by atoms with E-state index in [2.05, 4.69) is 5.32 Å². The van der Waals surface area contributed by atoms with Crippen LogP contribution in [-0.2, 0) is 16.4 Å². The largest absolute Gasteiger partial charge is 0.416 e. The molecule has 0 aromatic heterocycles. The Morgan fingerprint density at radius 2 is 2.05 bits per heavy atom. The van der Waals surface area contributed by atoms with E-state index in [4.69, 9.17) is 0 Å². The quantitative estimate of drug-likeness (QED) is 0.764. The van der Waals surface area contributed by atoms with Crippen molar-refractivity contribution in [3.05, 3.63) is 35.1 Å². The van der Waals surface area contributed by atoms with Crippen LogP contribution in [0.2, 0.25) is 0 Å². The van der Waals surface area contributed by atoms with Crippen molar-refractivity contribution in [2.75, 3.05) is 0 Å². The maximum Gasteiger partial charge on any atom is 0.416 e. The molecule has 1 aliphatic carbocycles. The molecule has 2 N–H and O–H groups in total. The normalized spacial score (nSPS) is 33.0. The summed E-state index contributed by atoms with van der Waals surface area (Å²) < 4.78 is 51.2. The van der Waals surface area contributed by atoms with Gasteiger partial charge in [-0.3, -0.25) is 4.79 Å². The molecule has 1 heterocycles. The van der Waals surface area contributed by atoms with Crippen LogP contribution in [0, 0.1) is 11.7 Å². The van der Waals surface area contributed by atoms with Crippen molar-refractivity contribution in [2.45, 2.75) is 24.2 Å². The SMILES string of the molecule is O=C1NC(O)C2(c3ccc(C(F)(F)F)cc3F)CC12. The van der Waals surface area contributed by atoms with Gasteiger partial charge in [-0.05, 0) is 24.1 Å². The second kappa shape index (κ2) is 3.47. The molecule has 1 saturated heterocycles. The molecule has 3 atom stereocenters. The maximum atomic E-state index is 13.9. The molecule has 0 bridgehead atoms. The number of carbonyl (C=O) groups is 1. The molecule has 3 rings (SSSR count). The summed E-state index contributed by atoms with van der Waals surface area (Å²) in [5.41, 5.74) is -2.24. The average molecular weight is 275 g/mol. The lowest BCUT2D eigenvalue weighted by atomic mass is 9.92. The van der Waals surface area contributed by atoms with Crippen molar-refractivity contribution >= 4 is 5.91 Å². The maximum absolute atomic E-state index is 13.9. The fourth-order valence-corrected chi connectivity index (χ4v) is 2.79. The van der Waals surface area contributed by atoms with Gasteiger partial charge in [0.2, 0.25) is 5.91 Å². The smallest absolute Gasteiger partial charge is 0.373 e. The molecule has 3 nitrogen and oxygen atoms in total. The van der Waals surface area contributed by atoms with Gasteiger partial charge in [0.25, 0.3) is 0 Å². The zero-order valence-electron chi connectivity index (χ0n) is 9.46. The lowest BCUT2D eigenvalue weighted by Crippen LogP contribution is -2.36. The first kappa shape index (κ1) is 12.4. The Labute approximate surface area is 105 Å². The average Bonchev–Trinajstić information content (AvgIpc) is 2.98. The number of aliphatic hydroxyl groups is 1. The molecule has 3 unspecified atom stereocenters. The monoisotopic (exact) mass is 275 g/mol. The molecule has 0 radical (unpaired) electrons. The summed E-state index contributed by atoms with van der Waals surface area (Å²) in [5, 5.41) is 12.0. The highest BCUT2D eigenvalue weighted by Gasteiger charge is 2.69. The van der Waals surface area contributed by atoms with Crippen LogP contribution in [0.1, 0.15) is 17.5 Å². The van der Waals surface area contributed by atoms with Crippen molar-refractivity contribution in [3.63, 3.8) is 0 Å². The molecular formula is C12H9F4NO2. The zero-order valence-corrected chi connectivity index (χ0v) is 9.46. The fraction of sp³-hybridized carbons (Fsp3) is 0.417. The third kappa shape index (κ3) is 1.57. The molecule has 1 aromatic rings. The van der Waals surface area contributed by atoms with Gasteiger partial charge in [-0.25, -0.2) is 4.39 Å². The predicted octanol–water partition coefficient (Wildman–Crippen LogP) is 1.55. The van der Waals surface area contributed by atoms with E-state index in [9.17, 15) is 27.5 Å². The summed E-state index contributed by atoms with van der Waals surface area (Å²) in [6.07, 6.45) is -5.62. The Balaban J connectivity index is 2.02. The highest BCUT2D eigenvalue weighted by atomic mass is 19.4. The van der Waals surface area contributed by atoms with Gasteiger partial charge in [0, 0.05) is 0 Å². The minimum atomic E-state index is -4.62. The number of benzene rings is 1. The topological polar surface area (TPSA) is 49.3 Å². The van der Waals surface area contributed by atoms with E-state index in [1.807, 2.05) is 0 Å². The third-order valence-electron chi connectivity index (χ3n) is 3.88. The molecule has 1 aromatic carbocycles. The highest BCUT2D eigenvalue weighted by molar-refractivity contribution is 5.88. The van der Waals surface area contributed by atoms with Crippen LogP contribution in [0.15, 0.2) is 18.2 Å². The molecule has 1 aliphatic heterocycles. The number of hydrogen-bond acceptors (Lipinski definition) is 2. The number of fused-ring (bicyclic) bond motifs is 1. The number of piperidine rings is 1. The van der Waals surface area contributed by atoms with E-state index in [0.29, 0.717) is 6.07 Å². The Morgan fingerprint density at radius 1 is 1.37 bits per heavy atom. The Bertz CT molecular complexity index is 571. The van der Waals surface area contributed by atoms with Crippen molar-refractivity contribution in [1.29, 1.82) is 0 Å². The Morgan fingerprint density at radius 3 is 2.47 bits per heavy atom. The number of amides is 1. The van der Waals surface area contributed by atoms with Crippen LogP contribution in [0.5, 0.6) is 0 Å². The first-order chi connectivity index (χ1) is 8.76. The summed E-state index contributed by atoms with van der Waals surface area (Å²) >= 11 is 0. The van der Waals surface area contributed by atoms with Crippen molar-refractivity contribution in [2.24, 2.45) is 5.92 Å². The predicted molar refractivity (Wildman–Crippen MR) is 55.3 cm³/mol. The number of carbonyl (C=O) groups excluding carboxylic acids is 1. The summed E-state index contributed by atoms with van der Waals surface area (Å²) in [6, 6.07) is 2.16. The van der Waals surface area contributed by atoms with Gasteiger partial charge >= 0.3 is 6.18 Å². The lowest BCUT2D eigenvalue weighted by Gasteiger charge is -2.19. The van der Waals surface area contributed by atoms with Crippen LogP contribution in [-0.4, -0.2) is 17.2 Å². The standard InChI is InChI=1S/C12H9F4NO2/c13-8-3-5(12(14,15)16)1-2-6(8)11-4-7(11)9(18)17-10(11)19/h1-3,7,10,19H,4H2,(H,17,18). The van der Waals surface area contributed by atoms with Crippen LogP contribution < -0.4 is 5.32 Å². The molecule has 2 fully saturated rings. The van der Waals surface area contributed by atoms with Gasteiger partial charge < -0.3 is 10.4 Å². The van der Waals surface area contributed by atoms with Gasteiger partial charge in [0.05, 0.1) is 16.9 Å². The van der Waals surface area contributed by atoms with E-state index in [1.54, 1.807) is 0 Å². The highest BCUT2D eigenvalue weighted by Crippen LogP contribution is 2.60. The Kier molecular flexibility index (Phi) is 2.27. The van der Waals surface area contributed by atoms with Gasteiger partial charge in [0.15, 0.2) is 0 Å². The van der Waals surface area contributed by atoms with E-state index < -0.39 is 41.0 Å². The summed E-state index contributed by atoms with van der Waals surface area (Å²) in [4.78, 5) is 11.4. The van der Waals surface area contributed by atoms with Crippen LogP contribution >= 0.6 is 0 Å². The minimum Gasteiger partial charge on any atom is -0.373 e. The fourth-order valence-electron chi connectivity index (χ4n) is 2.79. The van der Waals surface area contributed by atoms with E-state index in [1.165, 1.54) is 0 Å². The van der Waals surface area contributed by atoms with Gasteiger partial charge in [0.1, 0.15) is 12.0 Å². The third-order valence-corrected chi connectivity index (χ3v) is 3.88. The second-order valence-electron chi connectivity index (χ2n) is 4.90. The van der Waals surface area contributed by atoms with E-state index in [-0.39, 0.29) is 12.0 Å². The van der Waals surface area contributed by atoms with E-state index in [0.717, 1.165) is 12.1 Å². The number of alkyl halides is 3. The molecule has 19 heavy (non-hydrogen) atoms. The van der Waals surface area contributed by atoms with Gasteiger partial charge in [-0.15, -0.1) is 0 Å². The first-order valence-corrected chi connectivity index (χ1v) is 5.62. The zero-order chi connectivity index (χ0) is 14.0. The summed E-state index contributed by atoms with van der Waals surface area (Å²) in [6.45, 7) is 0. The summed E-state index contributed by atoms with van der Waals surface area (Å²) in [7, 11) is 0. The number of halogens is 4. The van der Waals surface area contributed by atoms with Crippen molar-refractivity contribution in [3.8, 4) is 0 Å². The van der Waals surface area contributed by atoms with Crippen LogP contribution in [0.4, 0.5) is 17.6 Å². The van der Waals surface area contributed by atoms with Gasteiger partial charge in [-0.2, -0.15) is 13.2 Å². The molecule has 0 spiro atoms. The number of aliphatic hydroxyl groups excluding tert-OH is 1.